The SMILES string of the molecule is O[C@@H]1O[C@H](OCc2ccccc2)[C@@H](OCc2ccccc2)[C@H]1OCc1ccccc1. The molecule has 1 saturated heterocycles. The van der Waals surface area contributed by atoms with Crippen LogP contribution in [0.25, 0.3) is 0 Å². The fraction of sp³-hybridized carbons (Fsp3) is 0.280. The lowest BCUT2D eigenvalue weighted by Gasteiger charge is -2.24. The Morgan fingerprint density at radius 3 is 1.43 bits per heavy atom. The Balaban J connectivity index is 1.43. The van der Waals surface area contributed by atoms with Crippen LogP contribution in [0.3, 0.4) is 0 Å². The summed E-state index contributed by atoms with van der Waals surface area (Å²) in [5.41, 5.74) is 3.06. The first-order valence-corrected chi connectivity index (χ1v) is 10.1. The maximum absolute atomic E-state index is 10.5. The molecule has 0 bridgehead atoms. The molecule has 0 aliphatic carbocycles. The van der Waals surface area contributed by atoms with Gasteiger partial charge in [-0.3, -0.25) is 0 Å². The fourth-order valence-electron chi connectivity index (χ4n) is 3.38. The molecule has 4 rings (SSSR count). The van der Waals surface area contributed by atoms with E-state index in [-0.39, 0.29) is 0 Å². The van der Waals surface area contributed by atoms with E-state index >= 15 is 0 Å². The van der Waals surface area contributed by atoms with Crippen LogP contribution in [0.15, 0.2) is 91.0 Å². The number of rotatable bonds is 9. The molecule has 1 heterocycles. The smallest absolute Gasteiger partial charge is 0.190 e. The summed E-state index contributed by atoms with van der Waals surface area (Å²) in [6, 6.07) is 29.5. The van der Waals surface area contributed by atoms with Crippen molar-refractivity contribution in [2.75, 3.05) is 0 Å². The predicted molar refractivity (Wildman–Crippen MR) is 112 cm³/mol. The highest BCUT2D eigenvalue weighted by atomic mass is 16.8. The minimum Gasteiger partial charge on any atom is -0.366 e. The normalized spacial score (nSPS) is 23.5. The lowest BCUT2D eigenvalue weighted by Crippen LogP contribution is -2.38. The summed E-state index contributed by atoms with van der Waals surface area (Å²) in [5, 5.41) is 10.5. The third-order valence-electron chi connectivity index (χ3n) is 4.97. The van der Waals surface area contributed by atoms with Crippen LogP contribution in [0.2, 0.25) is 0 Å². The van der Waals surface area contributed by atoms with Gasteiger partial charge in [-0.25, -0.2) is 0 Å². The summed E-state index contributed by atoms with van der Waals surface area (Å²) in [7, 11) is 0. The van der Waals surface area contributed by atoms with E-state index in [1.807, 2.05) is 91.0 Å². The van der Waals surface area contributed by atoms with Crippen molar-refractivity contribution in [2.45, 2.75) is 44.6 Å². The number of aliphatic hydroxyl groups excluding tert-OH is 1. The highest BCUT2D eigenvalue weighted by Crippen LogP contribution is 2.28. The van der Waals surface area contributed by atoms with E-state index in [2.05, 4.69) is 0 Å². The molecule has 1 fully saturated rings. The summed E-state index contributed by atoms with van der Waals surface area (Å²) >= 11 is 0. The minimum atomic E-state index is -1.13. The number of aliphatic hydroxyl groups is 1. The summed E-state index contributed by atoms with van der Waals surface area (Å²) in [5.74, 6) is 0. The molecule has 0 spiro atoms. The first-order valence-electron chi connectivity index (χ1n) is 10.1. The van der Waals surface area contributed by atoms with Gasteiger partial charge in [-0.2, -0.15) is 0 Å². The van der Waals surface area contributed by atoms with Crippen molar-refractivity contribution in [2.24, 2.45) is 0 Å². The van der Waals surface area contributed by atoms with Gasteiger partial charge in [-0.15, -0.1) is 0 Å². The van der Waals surface area contributed by atoms with Gasteiger partial charge < -0.3 is 24.1 Å². The number of hydrogen-bond acceptors (Lipinski definition) is 5. The van der Waals surface area contributed by atoms with E-state index in [9.17, 15) is 5.11 Å². The maximum Gasteiger partial charge on any atom is 0.190 e. The van der Waals surface area contributed by atoms with E-state index < -0.39 is 24.8 Å². The second-order valence-corrected chi connectivity index (χ2v) is 7.21. The topological polar surface area (TPSA) is 57.2 Å². The summed E-state index contributed by atoms with van der Waals surface area (Å²) < 4.78 is 23.8. The van der Waals surface area contributed by atoms with Gasteiger partial charge in [0.05, 0.1) is 19.8 Å². The van der Waals surface area contributed by atoms with Gasteiger partial charge in [0.25, 0.3) is 0 Å². The van der Waals surface area contributed by atoms with E-state index in [0.717, 1.165) is 16.7 Å². The van der Waals surface area contributed by atoms with Crippen LogP contribution in [0, 0.1) is 0 Å². The third-order valence-corrected chi connectivity index (χ3v) is 4.97. The van der Waals surface area contributed by atoms with Crippen LogP contribution in [0.1, 0.15) is 16.7 Å². The van der Waals surface area contributed by atoms with Crippen molar-refractivity contribution in [1.82, 2.24) is 0 Å². The van der Waals surface area contributed by atoms with Crippen molar-refractivity contribution in [3.05, 3.63) is 108 Å². The van der Waals surface area contributed by atoms with Gasteiger partial charge in [0, 0.05) is 0 Å². The Kier molecular flexibility index (Phi) is 7.24. The molecule has 0 radical (unpaired) electrons. The van der Waals surface area contributed by atoms with Crippen molar-refractivity contribution in [3.8, 4) is 0 Å². The average molecular weight is 406 g/mol. The Morgan fingerprint density at radius 1 is 0.567 bits per heavy atom. The maximum atomic E-state index is 10.5. The zero-order chi connectivity index (χ0) is 20.6. The molecular weight excluding hydrogens is 380 g/mol. The van der Waals surface area contributed by atoms with Crippen LogP contribution in [0.5, 0.6) is 0 Å². The van der Waals surface area contributed by atoms with Gasteiger partial charge in [-0.1, -0.05) is 91.0 Å². The fourth-order valence-corrected chi connectivity index (χ4v) is 3.38. The van der Waals surface area contributed by atoms with Crippen molar-refractivity contribution < 1.29 is 24.1 Å². The monoisotopic (exact) mass is 406 g/mol. The molecule has 0 amide bonds. The zero-order valence-corrected chi connectivity index (χ0v) is 16.7. The Labute approximate surface area is 176 Å². The van der Waals surface area contributed by atoms with Gasteiger partial charge in [0.1, 0.15) is 12.2 Å². The number of ether oxygens (including phenoxy) is 4. The molecule has 5 nitrogen and oxygen atoms in total. The van der Waals surface area contributed by atoms with Crippen molar-refractivity contribution >= 4 is 0 Å². The van der Waals surface area contributed by atoms with E-state index in [0.29, 0.717) is 19.8 Å². The molecule has 5 heteroatoms. The van der Waals surface area contributed by atoms with Gasteiger partial charge >= 0.3 is 0 Å². The molecule has 0 unspecified atom stereocenters. The lowest BCUT2D eigenvalue weighted by molar-refractivity contribution is -0.215. The Hall–Kier alpha value is -2.54. The van der Waals surface area contributed by atoms with Crippen molar-refractivity contribution in [3.63, 3.8) is 0 Å². The highest BCUT2D eigenvalue weighted by Gasteiger charge is 2.46. The molecule has 4 atom stereocenters. The van der Waals surface area contributed by atoms with E-state index in [1.54, 1.807) is 0 Å². The van der Waals surface area contributed by atoms with Gasteiger partial charge in [0.15, 0.2) is 12.6 Å². The highest BCUT2D eigenvalue weighted by molar-refractivity contribution is 5.15. The quantitative estimate of drug-likeness (QED) is 0.581. The molecule has 3 aromatic rings. The number of benzene rings is 3. The minimum absolute atomic E-state index is 0.350. The molecule has 1 aliphatic heterocycles. The predicted octanol–water partition coefficient (Wildman–Crippen LogP) is 4.05. The molecule has 30 heavy (non-hydrogen) atoms. The second-order valence-electron chi connectivity index (χ2n) is 7.21. The van der Waals surface area contributed by atoms with Crippen LogP contribution >= 0.6 is 0 Å². The average Bonchev–Trinajstić information content (AvgIpc) is 3.11. The first-order chi connectivity index (χ1) is 14.8. The van der Waals surface area contributed by atoms with Gasteiger partial charge in [0.2, 0.25) is 0 Å². The summed E-state index contributed by atoms with van der Waals surface area (Å²) in [6.07, 6.45) is -3.08. The molecular formula is C25H26O5. The third kappa shape index (κ3) is 5.53. The molecule has 0 aromatic heterocycles. The van der Waals surface area contributed by atoms with E-state index in [1.165, 1.54) is 0 Å². The molecule has 1 N–H and O–H groups in total. The van der Waals surface area contributed by atoms with Crippen LogP contribution in [-0.4, -0.2) is 29.9 Å². The standard InChI is InChI=1S/C25H26O5/c26-24-22(27-16-19-10-4-1-5-11-19)23(28-17-20-12-6-2-7-13-20)25(30-24)29-18-21-14-8-3-9-15-21/h1-15,22-26H,16-18H2/t22-,23+,24-,25+/m1/s1. The van der Waals surface area contributed by atoms with Gasteiger partial charge in [-0.05, 0) is 16.7 Å². The van der Waals surface area contributed by atoms with Crippen molar-refractivity contribution in [1.29, 1.82) is 0 Å². The largest absolute Gasteiger partial charge is 0.366 e. The van der Waals surface area contributed by atoms with E-state index in [4.69, 9.17) is 18.9 Å². The Bertz CT molecular complexity index is 872. The summed E-state index contributed by atoms with van der Waals surface area (Å²) in [6.45, 7) is 1.08. The lowest BCUT2D eigenvalue weighted by atomic mass is 10.2. The molecule has 3 aromatic carbocycles. The van der Waals surface area contributed by atoms with Crippen LogP contribution < -0.4 is 0 Å². The first kappa shape index (κ1) is 20.7. The molecule has 0 saturated carbocycles. The zero-order valence-electron chi connectivity index (χ0n) is 16.7. The Morgan fingerprint density at radius 2 is 0.967 bits per heavy atom. The van der Waals surface area contributed by atoms with Crippen LogP contribution in [0.4, 0.5) is 0 Å². The summed E-state index contributed by atoms with van der Waals surface area (Å²) in [4.78, 5) is 0. The molecule has 1 aliphatic rings. The second kappa shape index (κ2) is 10.5. The van der Waals surface area contributed by atoms with Crippen LogP contribution in [-0.2, 0) is 38.8 Å². The number of hydrogen-bond donors (Lipinski definition) is 1. The molecule has 156 valence electrons.